The van der Waals surface area contributed by atoms with Crippen LogP contribution < -0.4 is 15.7 Å². The molecule has 0 aliphatic carbocycles. The minimum Gasteiger partial charge on any atom is -0.457 e. The molecule has 0 spiro atoms. The van der Waals surface area contributed by atoms with Gasteiger partial charge in [0.2, 0.25) is 0 Å². The largest absolute Gasteiger partial charge is 0.457 e. The van der Waals surface area contributed by atoms with Crippen molar-refractivity contribution in [2.24, 2.45) is 0 Å². The van der Waals surface area contributed by atoms with E-state index in [1.807, 2.05) is 19.1 Å². The van der Waals surface area contributed by atoms with Crippen molar-refractivity contribution in [2.45, 2.75) is 97.8 Å². The lowest BCUT2D eigenvalue weighted by Gasteiger charge is -2.43. The fraction of sp³-hybridized carbons (Fsp3) is 0.515. The summed E-state index contributed by atoms with van der Waals surface area (Å²) >= 11 is 0. The van der Waals surface area contributed by atoms with Gasteiger partial charge in [0.1, 0.15) is 18.2 Å². The molecule has 0 saturated heterocycles. The minimum atomic E-state index is -2.76. The van der Waals surface area contributed by atoms with Crippen LogP contribution in [0.5, 0.6) is 0 Å². The van der Waals surface area contributed by atoms with Gasteiger partial charge < -0.3 is 19.2 Å². The molecule has 1 atom stereocenters. The summed E-state index contributed by atoms with van der Waals surface area (Å²) in [4.78, 5) is 24.6. The molecule has 0 aromatic heterocycles. The van der Waals surface area contributed by atoms with Gasteiger partial charge >= 0.3 is 12.1 Å². The summed E-state index contributed by atoms with van der Waals surface area (Å²) in [6.07, 6.45) is 5.20. The second-order valence-corrected chi connectivity index (χ2v) is 16.5. The number of rotatable bonds is 13. The number of benzene rings is 2. The highest BCUT2D eigenvalue weighted by Crippen LogP contribution is 2.37. The lowest BCUT2D eigenvalue weighted by atomic mass is 10.1. The summed E-state index contributed by atoms with van der Waals surface area (Å²) in [5, 5.41) is 4.71. The van der Waals surface area contributed by atoms with E-state index in [-0.39, 0.29) is 11.6 Å². The molecule has 0 aliphatic heterocycles. The molecule has 0 saturated carbocycles. The van der Waals surface area contributed by atoms with Gasteiger partial charge in [-0.1, -0.05) is 107 Å². The predicted octanol–water partition coefficient (Wildman–Crippen LogP) is 6.53. The van der Waals surface area contributed by atoms with Crippen LogP contribution in [0, 0.1) is 0 Å². The number of nitrogens with one attached hydrogen (secondary N) is 1. The molecule has 1 N–H and O–H groups in total. The zero-order valence-corrected chi connectivity index (χ0v) is 26.7. The topological polar surface area (TPSA) is 73.9 Å². The Labute approximate surface area is 242 Å². The summed E-state index contributed by atoms with van der Waals surface area (Å²) in [6, 6.07) is 21.0. The number of allylic oxidation sites excluding steroid dienone is 1. The second-order valence-electron chi connectivity index (χ2n) is 12.2. The first-order valence-corrected chi connectivity index (χ1v) is 16.3. The number of carbonyl (C=O) groups excluding carboxylic acids is 2. The van der Waals surface area contributed by atoms with Gasteiger partial charge in [-0.05, 0) is 61.5 Å². The summed E-state index contributed by atoms with van der Waals surface area (Å²) in [5.74, 6) is -0.525. The van der Waals surface area contributed by atoms with Crippen molar-refractivity contribution in [3.63, 3.8) is 0 Å². The molecule has 0 radical (unpaired) electrons. The number of esters is 1. The van der Waals surface area contributed by atoms with Crippen molar-refractivity contribution in [2.75, 3.05) is 13.2 Å². The lowest BCUT2D eigenvalue weighted by Crippen LogP contribution is -2.66. The van der Waals surface area contributed by atoms with Crippen molar-refractivity contribution in [3.05, 3.63) is 72.3 Å². The van der Waals surface area contributed by atoms with Crippen LogP contribution in [0.1, 0.15) is 81.1 Å². The maximum Gasteiger partial charge on any atom is 0.408 e. The molecule has 6 nitrogen and oxygen atoms in total. The van der Waals surface area contributed by atoms with Gasteiger partial charge in [0.25, 0.3) is 8.32 Å². The molecule has 40 heavy (non-hydrogen) atoms. The van der Waals surface area contributed by atoms with Gasteiger partial charge in [0, 0.05) is 0 Å². The van der Waals surface area contributed by atoms with Crippen LogP contribution in [-0.4, -0.2) is 45.2 Å². The summed E-state index contributed by atoms with van der Waals surface area (Å²) in [6.45, 7) is 16.2. The molecule has 2 rings (SSSR count). The van der Waals surface area contributed by atoms with Crippen LogP contribution >= 0.6 is 0 Å². The van der Waals surface area contributed by atoms with Crippen LogP contribution in [-0.2, 0) is 18.7 Å². The van der Waals surface area contributed by atoms with Gasteiger partial charge in [0.05, 0.1) is 6.61 Å². The maximum absolute atomic E-state index is 12.7. The van der Waals surface area contributed by atoms with E-state index in [0.717, 1.165) is 31.3 Å². The number of amides is 1. The highest BCUT2D eigenvalue weighted by molar-refractivity contribution is 6.99. The van der Waals surface area contributed by atoms with Crippen LogP contribution in [0.3, 0.4) is 0 Å². The molecule has 2 aromatic carbocycles. The Kier molecular flexibility index (Phi) is 12.7. The molecule has 0 fully saturated rings. The molecule has 220 valence electrons. The van der Waals surface area contributed by atoms with Crippen molar-refractivity contribution < 1.29 is 23.5 Å². The third-order valence-corrected chi connectivity index (χ3v) is 11.7. The van der Waals surface area contributed by atoms with Crippen LogP contribution in [0.15, 0.2) is 72.3 Å². The first kappa shape index (κ1) is 33.3. The van der Waals surface area contributed by atoms with Gasteiger partial charge in [-0.25, -0.2) is 4.79 Å². The number of hydrogen-bond acceptors (Lipinski definition) is 5. The van der Waals surface area contributed by atoms with Crippen molar-refractivity contribution in [1.82, 2.24) is 5.32 Å². The van der Waals surface area contributed by atoms with E-state index >= 15 is 0 Å². The van der Waals surface area contributed by atoms with Crippen molar-refractivity contribution >= 4 is 30.8 Å². The minimum absolute atomic E-state index is 0.166. The highest BCUT2D eigenvalue weighted by atomic mass is 28.4. The average molecular weight is 568 g/mol. The summed E-state index contributed by atoms with van der Waals surface area (Å²) in [5.41, 5.74) is 0.281. The Hall–Kier alpha value is -2.90. The second kappa shape index (κ2) is 15.2. The first-order chi connectivity index (χ1) is 18.8. The number of hydrogen-bond donors (Lipinski definition) is 1. The van der Waals surface area contributed by atoms with Gasteiger partial charge in [-0.3, -0.25) is 4.79 Å². The van der Waals surface area contributed by atoms with Gasteiger partial charge in [0.15, 0.2) is 0 Å². The Balaban J connectivity index is 2.31. The number of ether oxygens (including phenoxy) is 2. The highest BCUT2D eigenvalue weighted by Gasteiger charge is 2.50. The predicted molar refractivity (Wildman–Crippen MR) is 166 cm³/mol. The Morgan fingerprint density at radius 1 is 0.900 bits per heavy atom. The third-order valence-electron chi connectivity index (χ3n) is 6.69. The zero-order chi connectivity index (χ0) is 29.8. The lowest BCUT2D eigenvalue weighted by molar-refractivity contribution is -0.145. The van der Waals surface area contributed by atoms with E-state index in [1.165, 1.54) is 10.4 Å². The fourth-order valence-electron chi connectivity index (χ4n) is 4.75. The van der Waals surface area contributed by atoms with E-state index in [9.17, 15) is 9.59 Å². The number of alkyl carbamates (subject to hydrolysis) is 1. The molecular formula is C33H49NO5Si. The quantitative estimate of drug-likeness (QED) is 0.129. The molecule has 0 bridgehead atoms. The van der Waals surface area contributed by atoms with Crippen molar-refractivity contribution in [1.29, 1.82) is 0 Å². The van der Waals surface area contributed by atoms with Gasteiger partial charge in [-0.15, -0.1) is 0 Å². The zero-order valence-electron chi connectivity index (χ0n) is 25.7. The maximum atomic E-state index is 12.7. The average Bonchev–Trinajstić information content (AvgIpc) is 2.88. The van der Waals surface area contributed by atoms with Gasteiger partial charge in [-0.2, -0.15) is 0 Å². The summed E-state index contributed by atoms with van der Waals surface area (Å²) < 4.78 is 18.1. The van der Waals surface area contributed by atoms with E-state index < -0.39 is 32.1 Å². The molecular weight excluding hydrogens is 518 g/mol. The standard InChI is InChI=1S/C33H49NO5Si/c1-9-10-11-14-19-27(26(2)38-30(35)24-34-31(36)39-32(3,4)5)25-37-40(33(6,7)8,28-20-15-12-16-21-28)29-22-17-13-18-23-29/h12-13,15-23,26H,9-11,14,24-25H2,1-8H3,(H,34,36)/b27-19+. The Morgan fingerprint density at radius 2 is 1.45 bits per heavy atom. The molecule has 1 amide bonds. The van der Waals surface area contributed by atoms with E-state index in [2.05, 4.69) is 87.6 Å². The molecule has 7 heteroatoms. The molecule has 1 unspecified atom stereocenters. The van der Waals surface area contributed by atoms with Crippen molar-refractivity contribution in [3.8, 4) is 0 Å². The number of carbonyl (C=O) groups is 2. The normalized spacial score (nSPS) is 13.4. The van der Waals surface area contributed by atoms with Crippen LogP contribution in [0.2, 0.25) is 5.04 Å². The fourth-order valence-corrected chi connectivity index (χ4v) is 9.29. The summed E-state index contributed by atoms with van der Waals surface area (Å²) in [7, 11) is -2.76. The third kappa shape index (κ3) is 9.93. The first-order valence-electron chi connectivity index (χ1n) is 14.4. The molecule has 2 aromatic rings. The van der Waals surface area contributed by atoms with E-state index in [0.29, 0.717) is 6.61 Å². The SMILES string of the molecule is CCCCC/C=C(\CO[Si](c1ccccc1)(c1ccccc1)C(C)(C)C)C(C)OC(=O)CNC(=O)OC(C)(C)C. The van der Waals surface area contributed by atoms with E-state index in [1.54, 1.807) is 20.8 Å². The monoisotopic (exact) mass is 567 g/mol. The Morgan fingerprint density at radius 3 is 1.93 bits per heavy atom. The molecule has 0 aliphatic rings. The Bertz CT molecular complexity index is 1050. The smallest absolute Gasteiger partial charge is 0.408 e. The van der Waals surface area contributed by atoms with E-state index in [4.69, 9.17) is 13.9 Å². The number of unbranched alkanes of at least 4 members (excludes halogenated alkanes) is 3. The molecule has 0 heterocycles. The van der Waals surface area contributed by atoms with Crippen LogP contribution in [0.4, 0.5) is 4.79 Å². The van der Waals surface area contributed by atoms with Crippen LogP contribution in [0.25, 0.3) is 0 Å².